The zero-order valence-corrected chi connectivity index (χ0v) is 17.1. The molecule has 1 aliphatic heterocycles. The lowest BCUT2D eigenvalue weighted by Crippen LogP contribution is -2.52. The molecule has 0 aromatic carbocycles. The normalized spacial score (nSPS) is 25.4. The summed E-state index contributed by atoms with van der Waals surface area (Å²) in [5.41, 5.74) is -0.691. The lowest BCUT2D eigenvalue weighted by molar-refractivity contribution is 0.0215. The van der Waals surface area contributed by atoms with E-state index in [9.17, 15) is 9.59 Å². The highest BCUT2D eigenvalue weighted by molar-refractivity contribution is 5.90. The van der Waals surface area contributed by atoms with E-state index in [-0.39, 0.29) is 34.7 Å². The molecule has 0 unspecified atom stereocenters. The first-order valence-electron chi connectivity index (χ1n) is 9.50. The van der Waals surface area contributed by atoms with Crippen LogP contribution in [0.1, 0.15) is 77.3 Å². The molecule has 1 aliphatic carbocycles. The second-order valence-electron chi connectivity index (χ2n) is 9.90. The van der Waals surface area contributed by atoms with E-state index >= 15 is 0 Å². The molecule has 1 aromatic rings. The molecule has 0 atom stereocenters. The molecular weight excluding hydrogens is 348 g/mol. The predicted octanol–water partition coefficient (Wildman–Crippen LogP) is 2.89. The number of nitrogens with zero attached hydrogens (tertiary/aromatic N) is 3. The fourth-order valence-electron chi connectivity index (χ4n) is 3.71. The standard InChI is InChI=1S/C19H30N4O4/c1-17(2,3)15-21-13(22-27-15)14(24)20-12-9-19(10-12)7-8-23(11-19)16(25)26-18(4,5)6/h12H,7-11H2,1-6H3,(H,20,24). The van der Waals surface area contributed by atoms with E-state index in [0.717, 1.165) is 19.3 Å². The summed E-state index contributed by atoms with van der Waals surface area (Å²) in [7, 11) is 0. The summed E-state index contributed by atoms with van der Waals surface area (Å²) in [4.78, 5) is 30.5. The number of amides is 2. The van der Waals surface area contributed by atoms with E-state index in [0.29, 0.717) is 19.0 Å². The average molecular weight is 378 g/mol. The molecule has 1 saturated carbocycles. The van der Waals surface area contributed by atoms with Crippen molar-refractivity contribution in [3.63, 3.8) is 0 Å². The van der Waals surface area contributed by atoms with Crippen molar-refractivity contribution < 1.29 is 18.8 Å². The number of aromatic nitrogens is 2. The third kappa shape index (κ3) is 4.42. The van der Waals surface area contributed by atoms with Gasteiger partial charge in [-0.2, -0.15) is 4.98 Å². The van der Waals surface area contributed by atoms with Gasteiger partial charge in [0.1, 0.15) is 5.60 Å². The van der Waals surface area contributed by atoms with Crippen LogP contribution in [0.2, 0.25) is 0 Å². The van der Waals surface area contributed by atoms with Gasteiger partial charge in [-0.15, -0.1) is 0 Å². The van der Waals surface area contributed by atoms with Gasteiger partial charge in [-0.25, -0.2) is 4.79 Å². The Morgan fingerprint density at radius 1 is 1.22 bits per heavy atom. The highest BCUT2D eigenvalue weighted by atomic mass is 16.6. The number of rotatable bonds is 2. The molecule has 0 radical (unpaired) electrons. The first kappa shape index (κ1) is 19.6. The molecule has 27 heavy (non-hydrogen) atoms. The van der Waals surface area contributed by atoms with E-state index in [2.05, 4.69) is 15.5 Å². The zero-order valence-electron chi connectivity index (χ0n) is 17.1. The quantitative estimate of drug-likeness (QED) is 0.850. The maximum Gasteiger partial charge on any atom is 0.410 e. The van der Waals surface area contributed by atoms with Crippen molar-refractivity contribution >= 4 is 12.0 Å². The Morgan fingerprint density at radius 3 is 2.44 bits per heavy atom. The minimum atomic E-state index is -0.487. The van der Waals surface area contributed by atoms with Gasteiger partial charge in [-0.1, -0.05) is 25.9 Å². The van der Waals surface area contributed by atoms with Gasteiger partial charge in [0.2, 0.25) is 5.89 Å². The summed E-state index contributed by atoms with van der Waals surface area (Å²) < 4.78 is 10.6. The highest BCUT2D eigenvalue weighted by Gasteiger charge is 2.50. The molecule has 1 spiro atoms. The van der Waals surface area contributed by atoms with Gasteiger partial charge in [-0.05, 0) is 45.4 Å². The minimum Gasteiger partial charge on any atom is -0.444 e. The second-order valence-corrected chi connectivity index (χ2v) is 9.90. The monoisotopic (exact) mass is 378 g/mol. The van der Waals surface area contributed by atoms with E-state index in [1.165, 1.54) is 0 Å². The number of ether oxygens (including phenoxy) is 1. The molecule has 1 saturated heterocycles. The summed E-state index contributed by atoms with van der Waals surface area (Å²) in [5.74, 6) is 0.209. The van der Waals surface area contributed by atoms with E-state index in [1.807, 2.05) is 41.5 Å². The van der Waals surface area contributed by atoms with Crippen LogP contribution >= 0.6 is 0 Å². The largest absolute Gasteiger partial charge is 0.444 e. The van der Waals surface area contributed by atoms with Crippen LogP contribution in [0.15, 0.2) is 4.52 Å². The molecule has 1 aromatic heterocycles. The topological polar surface area (TPSA) is 97.6 Å². The van der Waals surface area contributed by atoms with E-state index < -0.39 is 5.60 Å². The van der Waals surface area contributed by atoms with Crippen LogP contribution in [0.4, 0.5) is 4.79 Å². The summed E-state index contributed by atoms with van der Waals surface area (Å²) in [6.07, 6.45) is 2.38. The van der Waals surface area contributed by atoms with Crippen LogP contribution < -0.4 is 5.32 Å². The Bertz CT molecular complexity index is 723. The fourth-order valence-corrected chi connectivity index (χ4v) is 3.71. The fraction of sp³-hybridized carbons (Fsp3) is 0.789. The summed E-state index contributed by atoms with van der Waals surface area (Å²) in [5, 5.41) is 6.76. The maximum absolute atomic E-state index is 12.3. The molecule has 2 amide bonds. The van der Waals surface area contributed by atoms with Crippen molar-refractivity contribution in [2.24, 2.45) is 5.41 Å². The third-order valence-electron chi connectivity index (χ3n) is 5.05. The van der Waals surface area contributed by atoms with Gasteiger partial charge in [0, 0.05) is 24.5 Å². The predicted molar refractivity (Wildman–Crippen MR) is 98.3 cm³/mol. The van der Waals surface area contributed by atoms with Crippen LogP contribution in [0.5, 0.6) is 0 Å². The number of carbonyl (C=O) groups is 2. The van der Waals surface area contributed by atoms with Crippen molar-refractivity contribution in [1.82, 2.24) is 20.4 Å². The molecule has 2 heterocycles. The Kier molecular flexibility index (Phi) is 4.72. The van der Waals surface area contributed by atoms with Gasteiger partial charge >= 0.3 is 6.09 Å². The lowest BCUT2D eigenvalue weighted by atomic mass is 9.65. The maximum atomic E-state index is 12.3. The summed E-state index contributed by atoms with van der Waals surface area (Å²) in [6.45, 7) is 12.9. The molecule has 150 valence electrons. The van der Waals surface area contributed by atoms with Crippen molar-refractivity contribution in [1.29, 1.82) is 0 Å². The van der Waals surface area contributed by atoms with Crippen LogP contribution in [-0.4, -0.2) is 51.8 Å². The second kappa shape index (κ2) is 6.49. The number of hydrogen-bond donors (Lipinski definition) is 1. The SMILES string of the molecule is CC(C)(C)OC(=O)N1CCC2(CC(NC(=O)c3noc(C(C)(C)C)n3)C2)C1. The smallest absolute Gasteiger partial charge is 0.410 e. The van der Waals surface area contributed by atoms with Crippen LogP contribution in [0, 0.1) is 5.41 Å². The zero-order chi connectivity index (χ0) is 20.0. The van der Waals surface area contributed by atoms with Gasteiger partial charge in [-0.3, -0.25) is 4.79 Å². The molecule has 2 aliphatic rings. The van der Waals surface area contributed by atoms with Gasteiger partial charge in [0.25, 0.3) is 11.7 Å². The Labute approximate surface area is 160 Å². The van der Waals surface area contributed by atoms with Crippen molar-refractivity contribution in [3.8, 4) is 0 Å². The molecule has 3 rings (SSSR count). The highest BCUT2D eigenvalue weighted by Crippen LogP contribution is 2.48. The minimum absolute atomic E-state index is 0.0719. The van der Waals surface area contributed by atoms with Gasteiger partial charge in [0.05, 0.1) is 0 Å². The lowest BCUT2D eigenvalue weighted by Gasteiger charge is -2.45. The third-order valence-corrected chi connectivity index (χ3v) is 5.05. The Balaban J connectivity index is 1.49. The van der Waals surface area contributed by atoms with Crippen molar-refractivity contribution in [2.75, 3.05) is 13.1 Å². The summed E-state index contributed by atoms with van der Waals surface area (Å²) >= 11 is 0. The molecule has 8 heteroatoms. The Morgan fingerprint density at radius 2 is 1.89 bits per heavy atom. The van der Waals surface area contributed by atoms with Gasteiger partial charge < -0.3 is 19.5 Å². The first-order valence-corrected chi connectivity index (χ1v) is 9.50. The number of hydrogen-bond acceptors (Lipinski definition) is 6. The Hall–Kier alpha value is -2.12. The first-order chi connectivity index (χ1) is 12.4. The average Bonchev–Trinajstić information content (AvgIpc) is 3.11. The van der Waals surface area contributed by atoms with Crippen LogP contribution in [-0.2, 0) is 10.2 Å². The molecule has 8 nitrogen and oxygen atoms in total. The number of carbonyl (C=O) groups excluding carboxylic acids is 2. The molecule has 1 N–H and O–H groups in total. The number of nitrogens with one attached hydrogen (secondary N) is 1. The summed E-state index contributed by atoms with van der Waals surface area (Å²) in [6, 6.07) is 0.0765. The van der Waals surface area contributed by atoms with Crippen molar-refractivity contribution in [2.45, 2.75) is 77.9 Å². The van der Waals surface area contributed by atoms with Gasteiger partial charge in [0.15, 0.2) is 0 Å². The molecular formula is C19H30N4O4. The molecule has 0 bridgehead atoms. The van der Waals surface area contributed by atoms with Crippen LogP contribution in [0.3, 0.4) is 0 Å². The van der Waals surface area contributed by atoms with Crippen molar-refractivity contribution in [3.05, 3.63) is 11.7 Å². The van der Waals surface area contributed by atoms with Crippen LogP contribution in [0.25, 0.3) is 0 Å². The van der Waals surface area contributed by atoms with E-state index in [4.69, 9.17) is 9.26 Å². The van der Waals surface area contributed by atoms with E-state index in [1.54, 1.807) is 4.90 Å². The number of likely N-dealkylation sites (tertiary alicyclic amines) is 1. The molecule has 2 fully saturated rings.